The molecule has 4 rings (SSSR count). The van der Waals surface area contributed by atoms with Crippen molar-refractivity contribution < 1.29 is 0 Å². The highest BCUT2D eigenvalue weighted by atomic mass is 14.1. The lowest BCUT2D eigenvalue weighted by atomic mass is 9.92. The number of hydrogen-bond acceptors (Lipinski definition) is 0. The zero-order chi connectivity index (χ0) is 18.6. The first-order valence-corrected chi connectivity index (χ1v) is 9.25. The predicted molar refractivity (Wildman–Crippen MR) is 116 cm³/mol. The second-order valence-electron chi connectivity index (χ2n) is 6.81. The zero-order valence-corrected chi connectivity index (χ0v) is 15.2. The molecule has 0 amide bonds. The van der Waals surface area contributed by atoms with E-state index in [2.05, 4.69) is 72.5 Å². The molecule has 4 aromatic rings. The number of rotatable bonds is 4. The Kier molecular flexibility index (Phi) is 4.65. The average Bonchev–Trinajstić information content (AvgIpc) is 2.73. The van der Waals surface area contributed by atoms with E-state index in [1.807, 2.05) is 12.1 Å². The number of hydrogen-bond donors (Lipinski definition) is 0. The average molecular weight is 344 g/mol. The van der Waals surface area contributed by atoms with E-state index in [0.29, 0.717) is 0 Å². The molecule has 0 saturated carbocycles. The molecule has 0 radical (unpaired) electrons. The highest BCUT2D eigenvalue weighted by Gasteiger charge is 2.08. The van der Waals surface area contributed by atoms with Gasteiger partial charge in [-0.2, -0.15) is 0 Å². The third-order valence-corrected chi connectivity index (χ3v) is 5.18. The molecule has 0 aliphatic rings. The van der Waals surface area contributed by atoms with Crippen LogP contribution in [0.2, 0.25) is 0 Å². The summed E-state index contributed by atoms with van der Waals surface area (Å²) in [6, 6.07) is 25.5. The Hall–Kier alpha value is -3.48. The molecule has 4 aromatic carbocycles. The molecule has 0 heteroatoms. The fraction of sp³-hybridized carbons (Fsp3) is 0.111. The summed E-state index contributed by atoms with van der Waals surface area (Å²) in [7, 11) is 0. The predicted octanol–water partition coefficient (Wildman–Crippen LogP) is 6.13. The molecule has 0 heterocycles. The van der Waals surface area contributed by atoms with Crippen LogP contribution >= 0.6 is 0 Å². The van der Waals surface area contributed by atoms with Crippen LogP contribution in [0.3, 0.4) is 0 Å². The Morgan fingerprint density at radius 3 is 1.96 bits per heavy atom. The fourth-order valence-electron chi connectivity index (χ4n) is 3.86. The van der Waals surface area contributed by atoms with Crippen molar-refractivity contribution in [2.24, 2.45) is 0 Å². The Morgan fingerprint density at radius 2 is 1.33 bits per heavy atom. The lowest BCUT2D eigenvalue weighted by molar-refractivity contribution is 0.827. The van der Waals surface area contributed by atoms with E-state index in [1.54, 1.807) is 0 Å². The van der Waals surface area contributed by atoms with Gasteiger partial charge in [-0.1, -0.05) is 60.4 Å². The molecular formula is C27H20. The maximum absolute atomic E-state index is 5.67. The summed E-state index contributed by atoms with van der Waals surface area (Å²) >= 11 is 0. The van der Waals surface area contributed by atoms with E-state index < -0.39 is 0 Å². The first kappa shape index (κ1) is 17.0. The number of fused-ring (bicyclic) bond motifs is 2. The molecule has 0 aromatic heterocycles. The molecule has 0 aliphatic carbocycles. The highest BCUT2D eigenvalue weighted by Crippen LogP contribution is 2.30. The lowest BCUT2D eigenvalue weighted by Crippen LogP contribution is -1.96. The normalized spacial score (nSPS) is 10.6. The molecule has 0 nitrogen and oxygen atoms in total. The van der Waals surface area contributed by atoms with E-state index in [0.717, 1.165) is 36.0 Å². The summed E-state index contributed by atoms with van der Waals surface area (Å²) in [5, 5.41) is 5.27. The van der Waals surface area contributed by atoms with Crippen molar-refractivity contribution in [2.75, 3.05) is 0 Å². The Bertz CT molecular complexity index is 1160. The van der Waals surface area contributed by atoms with E-state index >= 15 is 0 Å². The van der Waals surface area contributed by atoms with Gasteiger partial charge in [0.15, 0.2) is 0 Å². The van der Waals surface area contributed by atoms with Crippen LogP contribution in [-0.4, -0.2) is 0 Å². The van der Waals surface area contributed by atoms with Crippen molar-refractivity contribution in [3.8, 4) is 24.7 Å². The summed E-state index contributed by atoms with van der Waals surface area (Å²) in [6.07, 6.45) is 14.2. The van der Waals surface area contributed by atoms with Crippen molar-refractivity contribution in [3.63, 3.8) is 0 Å². The van der Waals surface area contributed by atoms with Crippen molar-refractivity contribution in [1.29, 1.82) is 0 Å². The van der Waals surface area contributed by atoms with Crippen LogP contribution in [0, 0.1) is 24.7 Å². The summed E-state index contributed by atoms with van der Waals surface area (Å²) in [5.74, 6) is 5.49. The van der Waals surface area contributed by atoms with E-state index in [1.165, 1.54) is 27.1 Å². The standard InChI is InChI=1S/C27H20/c1-3-20-16-17-21(4-2)22(18-20)12-9-15-27-25-13-7-5-10-23(25)19-24-11-6-8-14-26(24)27/h1-2,5-8,10-11,13-14,16-19H,9,12,15H2. The number of benzene rings is 4. The lowest BCUT2D eigenvalue weighted by Gasteiger charge is -2.12. The zero-order valence-electron chi connectivity index (χ0n) is 15.2. The van der Waals surface area contributed by atoms with E-state index in [-0.39, 0.29) is 0 Å². The van der Waals surface area contributed by atoms with Gasteiger partial charge in [-0.25, -0.2) is 0 Å². The highest BCUT2D eigenvalue weighted by molar-refractivity contribution is 6.02. The van der Waals surface area contributed by atoms with Gasteiger partial charge in [-0.15, -0.1) is 12.8 Å². The van der Waals surface area contributed by atoms with Gasteiger partial charge in [0, 0.05) is 11.1 Å². The van der Waals surface area contributed by atoms with Crippen LogP contribution in [-0.2, 0) is 12.8 Å². The SMILES string of the molecule is C#Cc1ccc(C#C)c(CCCc2c3ccccc3cc3ccccc23)c1. The van der Waals surface area contributed by atoms with E-state index in [4.69, 9.17) is 12.8 Å². The summed E-state index contributed by atoms with van der Waals surface area (Å²) in [6.45, 7) is 0. The molecule has 0 spiro atoms. The Balaban J connectivity index is 1.68. The Morgan fingerprint density at radius 1 is 0.667 bits per heavy atom. The Labute approximate surface area is 160 Å². The smallest absolute Gasteiger partial charge is 0.0275 e. The molecule has 0 aliphatic heterocycles. The van der Waals surface area contributed by atoms with Gasteiger partial charge < -0.3 is 0 Å². The largest absolute Gasteiger partial charge is 0.115 e. The van der Waals surface area contributed by atoms with Crippen LogP contribution in [0.15, 0.2) is 72.8 Å². The van der Waals surface area contributed by atoms with Crippen LogP contribution in [0.25, 0.3) is 21.5 Å². The second kappa shape index (κ2) is 7.41. The summed E-state index contributed by atoms with van der Waals surface area (Å²) in [4.78, 5) is 0. The first-order chi connectivity index (χ1) is 13.3. The van der Waals surface area contributed by atoms with E-state index in [9.17, 15) is 0 Å². The number of terminal acetylenes is 2. The molecule has 0 unspecified atom stereocenters. The molecule has 0 N–H and O–H groups in total. The minimum Gasteiger partial charge on any atom is -0.115 e. The second-order valence-corrected chi connectivity index (χ2v) is 6.81. The maximum Gasteiger partial charge on any atom is 0.0275 e. The van der Waals surface area contributed by atoms with Gasteiger partial charge in [0.05, 0.1) is 0 Å². The van der Waals surface area contributed by atoms with Crippen LogP contribution in [0.1, 0.15) is 28.7 Å². The third kappa shape index (κ3) is 3.31. The monoisotopic (exact) mass is 344 g/mol. The fourth-order valence-corrected chi connectivity index (χ4v) is 3.86. The minimum atomic E-state index is 0.889. The summed E-state index contributed by atoms with van der Waals surface area (Å²) < 4.78 is 0. The van der Waals surface area contributed by atoms with Crippen LogP contribution in [0.4, 0.5) is 0 Å². The first-order valence-electron chi connectivity index (χ1n) is 9.25. The maximum atomic E-state index is 5.67. The van der Waals surface area contributed by atoms with Gasteiger partial charge in [0.1, 0.15) is 0 Å². The van der Waals surface area contributed by atoms with Gasteiger partial charge in [0.25, 0.3) is 0 Å². The number of aryl methyl sites for hydroxylation is 2. The van der Waals surface area contributed by atoms with Crippen LogP contribution < -0.4 is 0 Å². The van der Waals surface area contributed by atoms with Crippen LogP contribution in [0.5, 0.6) is 0 Å². The molecule has 27 heavy (non-hydrogen) atoms. The molecule has 0 saturated heterocycles. The van der Waals surface area contributed by atoms with Crippen molar-refractivity contribution in [1.82, 2.24) is 0 Å². The van der Waals surface area contributed by atoms with Gasteiger partial charge in [0.2, 0.25) is 0 Å². The summed E-state index contributed by atoms with van der Waals surface area (Å²) in [5.41, 5.74) is 4.41. The van der Waals surface area contributed by atoms with Gasteiger partial charge in [-0.3, -0.25) is 0 Å². The molecule has 0 fully saturated rings. The van der Waals surface area contributed by atoms with Gasteiger partial charge >= 0.3 is 0 Å². The quantitative estimate of drug-likeness (QED) is 0.308. The molecule has 0 bridgehead atoms. The molecular weight excluding hydrogens is 324 g/mol. The molecule has 128 valence electrons. The van der Waals surface area contributed by atoms with Crippen molar-refractivity contribution in [3.05, 3.63) is 95.1 Å². The third-order valence-electron chi connectivity index (χ3n) is 5.18. The topological polar surface area (TPSA) is 0 Å². The van der Waals surface area contributed by atoms with Crippen molar-refractivity contribution >= 4 is 21.5 Å². The van der Waals surface area contributed by atoms with Gasteiger partial charge in [-0.05, 0) is 76.2 Å². The van der Waals surface area contributed by atoms with Crippen molar-refractivity contribution in [2.45, 2.75) is 19.3 Å². The molecule has 0 atom stereocenters. The minimum absolute atomic E-state index is 0.889.